The van der Waals surface area contributed by atoms with Gasteiger partial charge in [-0.05, 0) is 29.7 Å². The average Bonchev–Trinajstić information content (AvgIpc) is 2.63. The van der Waals surface area contributed by atoms with Crippen LogP contribution in [0.5, 0.6) is 17.2 Å². The van der Waals surface area contributed by atoms with E-state index in [9.17, 15) is 4.79 Å². The maximum absolute atomic E-state index is 12.1. The van der Waals surface area contributed by atoms with Gasteiger partial charge in [0.25, 0.3) is 0 Å². The summed E-state index contributed by atoms with van der Waals surface area (Å²) in [5.41, 5.74) is 0. The average molecular weight is 387 g/mol. The number of carbonyl (C=O) groups is 1. The molecule has 0 unspecified atom stereocenters. The second-order valence-corrected chi connectivity index (χ2v) is 5.86. The molecule has 3 rings (SSSR count). The minimum Gasteiger partial charge on any atom is -0.493 e. The van der Waals surface area contributed by atoms with E-state index in [1.54, 1.807) is 25.3 Å². The summed E-state index contributed by atoms with van der Waals surface area (Å²) in [4.78, 5) is 12.1. The smallest absolute Gasteiger partial charge is 0.349 e. The second-order valence-electron chi connectivity index (χ2n) is 5.00. The van der Waals surface area contributed by atoms with Crippen LogP contribution in [0.3, 0.4) is 0 Å². The SMILES string of the molecule is COc1ccccc1OCC(=O)Oc1ccc(Br)c2ccccc12. The van der Waals surface area contributed by atoms with Gasteiger partial charge in [0.1, 0.15) is 5.75 Å². The topological polar surface area (TPSA) is 44.8 Å². The quantitative estimate of drug-likeness (QED) is 0.474. The Labute approximate surface area is 148 Å². The molecule has 0 atom stereocenters. The van der Waals surface area contributed by atoms with Crippen LogP contribution in [0.4, 0.5) is 0 Å². The van der Waals surface area contributed by atoms with Crippen LogP contribution in [-0.2, 0) is 4.79 Å². The summed E-state index contributed by atoms with van der Waals surface area (Å²) >= 11 is 3.50. The minimum atomic E-state index is -0.478. The number of hydrogen-bond acceptors (Lipinski definition) is 4. The van der Waals surface area contributed by atoms with E-state index in [0.29, 0.717) is 17.2 Å². The summed E-state index contributed by atoms with van der Waals surface area (Å²) in [5, 5.41) is 1.84. The molecule has 0 fully saturated rings. The van der Waals surface area contributed by atoms with Gasteiger partial charge < -0.3 is 14.2 Å². The van der Waals surface area contributed by atoms with Crippen LogP contribution in [-0.4, -0.2) is 19.7 Å². The van der Waals surface area contributed by atoms with Crippen molar-refractivity contribution in [3.8, 4) is 17.2 Å². The van der Waals surface area contributed by atoms with E-state index in [1.165, 1.54) is 0 Å². The van der Waals surface area contributed by atoms with Crippen molar-refractivity contribution in [2.45, 2.75) is 0 Å². The van der Waals surface area contributed by atoms with E-state index < -0.39 is 5.97 Å². The van der Waals surface area contributed by atoms with E-state index in [4.69, 9.17) is 14.2 Å². The van der Waals surface area contributed by atoms with Crippen LogP contribution in [0.2, 0.25) is 0 Å². The van der Waals surface area contributed by atoms with E-state index in [2.05, 4.69) is 15.9 Å². The number of rotatable bonds is 5. The Kier molecular flexibility index (Phi) is 5.01. The number of ether oxygens (including phenoxy) is 3. The monoisotopic (exact) mass is 386 g/mol. The summed E-state index contributed by atoms with van der Waals surface area (Å²) in [6.07, 6.45) is 0. The van der Waals surface area contributed by atoms with Gasteiger partial charge >= 0.3 is 5.97 Å². The fraction of sp³-hybridized carbons (Fsp3) is 0.105. The number of carbonyl (C=O) groups excluding carboxylic acids is 1. The van der Waals surface area contributed by atoms with Crippen molar-refractivity contribution in [2.24, 2.45) is 0 Å². The molecule has 0 amide bonds. The highest BCUT2D eigenvalue weighted by molar-refractivity contribution is 9.10. The van der Waals surface area contributed by atoms with Gasteiger partial charge in [0.05, 0.1) is 7.11 Å². The van der Waals surface area contributed by atoms with Gasteiger partial charge in [-0.1, -0.05) is 52.3 Å². The lowest BCUT2D eigenvalue weighted by atomic mass is 10.1. The highest BCUT2D eigenvalue weighted by Crippen LogP contribution is 2.31. The third kappa shape index (κ3) is 3.51. The number of esters is 1. The molecule has 0 aromatic heterocycles. The lowest BCUT2D eigenvalue weighted by Crippen LogP contribution is -2.18. The number of halogens is 1. The summed E-state index contributed by atoms with van der Waals surface area (Å²) in [5.74, 6) is 1.09. The molecule has 3 aromatic carbocycles. The number of benzene rings is 3. The Morgan fingerprint density at radius 3 is 2.29 bits per heavy atom. The predicted octanol–water partition coefficient (Wildman–Crippen LogP) is 4.60. The van der Waals surface area contributed by atoms with Crippen molar-refractivity contribution < 1.29 is 19.0 Å². The largest absolute Gasteiger partial charge is 0.493 e. The third-order valence-corrected chi connectivity index (χ3v) is 4.16. The van der Waals surface area contributed by atoms with Crippen molar-refractivity contribution >= 4 is 32.7 Å². The predicted molar refractivity (Wildman–Crippen MR) is 95.8 cm³/mol. The van der Waals surface area contributed by atoms with Crippen LogP contribution >= 0.6 is 15.9 Å². The molecule has 0 aliphatic carbocycles. The number of hydrogen-bond donors (Lipinski definition) is 0. The van der Waals surface area contributed by atoms with Crippen LogP contribution < -0.4 is 14.2 Å². The summed E-state index contributed by atoms with van der Waals surface area (Å²) in [7, 11) is 1.55. The van der Waals surface area contributed by atoms with Crippen molar-refractivity contribution in [1.29, 1.82) is 0 Å². The first kappa shape index (κ1) is 16.3. The van der Waals surface area contributed by atoms with Gasteiger partial charge in [0, 0.05) is 9.86 Å². The zero-order chi connectivity index (χ0) is 16.9. The minimum absolute atomic E-state index is 0.204. The van der Waals surface area contributed by atoms with E-state index in [1.807, 2.05) is 42.5 Å². The van der Waals surface area contributed by atoms with Gasteiger partial charge in [-0.25, -0.2) is 4.79 Å². The molecule has 0 bridgehead atoms. The molecule has 0 N–H and O–H groups in total. The zero-order valence-corrected chi connectivity index (χ0v) is 14.6. The highest BCUT2D eigenvalue weighted by atomic mass is 79.9. The van der Waals surface area contributed by atoms with E-state index >= 15 is 0 Å². The molecule has 3 aromatic rings. The molecule has 0 spiro atoms. The molecule has 4 nitrogen and oxygen atoms in total. The van der Waals surface area contributed by atoms with Crippen LogP contribution in [0.25, 0.3) is 10.8 Å². The standard InChI is InChI=1S/C19H15BrO4/c1-22-17-8-4-5-9-18(17)23-12-19(21)24-16-11-10-15(20)13-6-2-3-7-14(13)16/h2-11H,12H2,1H3. The first-order valence-corrected chi connectivity index (χ1v) is 8.12. The molecule has 0 aliphatic heterocycles. The highest BCUT2D eigenvalue weighted by Gasteiger charge is 2.12. The number of para-hydroxylation sites is 2. The summed E-state index contributed by atoms with van der Waals surface area (Å²) in [6, 6.07) is 18.5. The molecule has 122 valence electrons. The molecule has 24 heavy (non-hydrogen) atoms. The first-order chi connectivity index (χ1) is 11.7. The Morgan fingerprint density at radius 2 is 1.54 bits per heavy atom. The van der Waals surface area contributed by atoms with E-state index in [-0.39, 0.29) is 6.61 Å². The third-order valence-electron chi connectivity index (χ3n) is 3.47. The van der Waals surface area contributed by atoms with Crippen LogP contribution in [0.1, 0.15) is 0 Å². The zero-order valence-electron chi connectivity index (χ0n) is 13.0. The Balaban J connectivity index is 1.73. The fourth-order valence-corrected chi connectivity index (χ4v) is 2.83. The van der Waals surface area contributed by atoms with Gasteiger partial charge in [-0.3, -0.25) is 0 Å². The summed E-state index contributed by atoms with van der Waals surface area (Å²) in [6.45, 7) is -0.204. The molecule has 5 heteroatoms. The first-order valence-electron chi connectivity index (χ1n) is 7.33. The van der Waals surface area contributed by atoms with Crippen LogP contribution in [0.15, 0.2) is 65.1 Å². The molecule has 0 saturated heterocycles. The van der Waals surface area contributed by atoms with Crippen molar-refractivity contribution in [3.05, 3.63) is 65.1 Å². The maximum Gasteiger partial charge on any atom is 0.349 e. The molecular weight excluding hydrogens is 372 g/mol. The lowest BCUT2D eigenvalue weighted by molar-refractivity contribution is -0.136. The van der Waals surface area contributed by atoms with Crippen LogP contribution in [0, 0.1) is 0 Å². The lowest BCUT2D eigenvalue weighted by Gasteiger charge is -2.11. The molecule has 0 aliphatic rings. The Morgan fingerprint density at radius 1 is 0.875 bits per heavy atom. The summed E-state index contributed by atoms with van der Waals surface area (Å²) < 4.78 is 17.1. The molecule has 0 heterocycles. The maximum atomic E-state index is 12.1. The second kappa shape index (κ2) is 7.36. The van der Waals surface area contributed by atoms with Gasteiger partial charge in [0.15, 0.2) is 18.1 Å². The fourth-order valence-electron chi connectivity index (χ4n) is 2.35. The van der Waals surface area contributed by atoms with Gasteiger partial charge in [0.2, 0.25) is 0 Å². The van der Waals surface area contributed by atoms with E-state index in [0.717, 1.165) is 15.2 Å². The Hall–Kier alpha value is -2.53. The molecule has 0 radical (unpaired) electrons. The van der Waals surface area contributed by atoms with Gasteiger partial charge in [-0.15, -0.1) is 0 Å². The van der Waals surface area contributed by atoms with Crippen molar-refractivity contribution in [2.75, 3.05) is 13.7 Å². The van der Waals surface area contributed by atoms with Crippen molar-refractivity contribution in [3.63, 3.8) is 0 Å². The van der Waals surface area contributed by atoms with Gasteiger partial charge in [-0.2, -0.15) is 0 Å². The number of fused-ring (bicyclic) bond motifs is 1. The Bertz CT molecular complexity index is 876. The normalized spacial score (nSPS) is 10.4. The van der Waals surface area contributed by atoms with Crippen molar-refractivity contribution in [1.82, 2.24) is 0 Å². The molecular formula is C19H15BrO4. The number of methoxy groups -OCH3 is 1. The molecule has 0 saturated carbocycles.